The SMILES string of the molecule is CC(C)(C)OC(=O)NCCNC(N)=[NH+]CCCNC(=O)OCc1ccccc1.F[P-](F)(F)(F)(F)F. The number of rotatable bonds is 9. The van der Waals surface area contributed by atoms with Crippen molar-refractivity contribution in [1.29, 1.82) is 0 Å². The van der Waals surface area contributed by atoms with Crippen molar-refractivity contribution < 1.29 is 49.2 Å². The van der Waals surface area contributed by atoms with Gasteiger partial charge in [-0.3, -0.25) is 16.0 Å². The Morgan fingerprint density at radius 3 is 1.97 bits per heavy atom. The van der Waals surface area contributed by atoms with Crippen LogP contribution in [0.25, 0.3) is 0 Å². The third kappa shape index (κ3) is 29.0. The Morgan fingerprint density at radius 1 is 0.914 bits per heavy atom. The van der Waals surface area contributed by atoms with Crippen molar-refractivity contribution in [2.45, 2.75) is 39.4 Å². The zero-order chi connectivity index (χ0) is 27.2. The van der Waals surface area contributed by atoms with Crippen LogP contribution in [0.2, 0.25) is 0 Å². The molecule has 0 atom stereocenters. The molecule has 0 heterocycles. The van der Waals surface area contributed by atoms with Crippen molar-refractivity contribution in [2.75, 3.05) is 26.2 Å². The van der Waals surface area contributed by atoms with E-state index in [9.17, 15) is 34.8 Å². The maximum atomic E-state index is 11.6. The van der Waals surface area contributed by atoms with E-state index < -0.39 is 25.6 Å². The summed E-state index contributed by atoms with van der Waals surface area (Å²) in [6.07, 6.45) is -0.239. The van der Waals surface area contributed by atoms with Crippen LogP contribution in [0.5, 0.6) is 0 Å². The maximum absolute atomic E-state index is 11.6. The summed E-state index contributed by atoms with van der Waals surface area (Å²) < 4.78 is 69.4. The second kappa shape index (κ2) is 12.7. The Labute approximate surface area is 199 Å². The molecule has 0 saturated heterocycles. The van der Waals surface area contributed by atoms with Crippen molar-refractivity contribution in [1.82, 2.24) is 16.0 Å². The van der Waals surface area contributed by atoms with E-state index in [1.54, 1.807) is 20.8 Å². The van der Waals surface area contributed by atoms with Gasteiger partial charge in [0.05, 0.1) is 19.6 Å². The van der Waals surface area contributed by atoms with E-state index in [2.05, 4.69) is 20.9 Å². The molecule has 6 N–H and O–H groups in total. The minimum atomic E-state index is -10.7. The molecule has 204 valence electrons. The van der Waals surface area contributed by atoms with E-state index in [1.165, 1.54) is 0 Å². The minimum absolute atomic E-state index is 0.243. The fraction of sp³-hybridized carbons (Fsp3) is 0.526. The number of ether oxygens (including phenoxy) is 2. The third-order valence-corrected chi connectivity index (χ3v) is 3.26. The molecule has 0 unspecified atom stereocenters. The molecule has 1 rings (SSSR count). The molecule has 0 spiro atoms. The predicted octanol–water partition coefficient (Wildman–Crippen LogP) is 3.19. The first kappa shape index (κ1) is 32.0. The summed E-state index contributed by atoms with van der Waals surface area (Å²) in [5.74, 6) is 0.401. The third-order valence-electron chi connectivity index (χ3n) is 3.26. The standard InChI is InChI=1S/C19H31N5O4.F6P/c1-19(2,3)28-18(26)24-13-12-22-16(20)21-10-7-11-23-17(25)27-14-15-8-5-4-6-9-15;1-7(2,3,4,5)6/h4-6,8-9H,7,10-14H2,1-3H3,(H,23,25)(H,24,26)(H3,20,21,22);/q;-1/p+1. The molecule has 0 radical (unpaired) electrons. The van der Waals surface area contributed by atoms with Crippen LogP contribution < -0.4 is 26.7 Å². The van der Waals surface area contributed by atoms with Gasteiger partial charge in [0.2, 0.25) is 0 Å². The molecule has 2 amide bonds. The van der Waals surface area contributed by atoms with E-state index in [4.69, 9.17) is 15.2 Å². The fourth-order valence-corrected chi connectivity index (χ4v) is 2.01. The van der Waals surface area contributed by atoms with Gasteiger partial charge in [-0.2, -0.15) is 0 Å². The number of carbonyl (C=O) groups excluding carboxylic acids is 2. The van der Waals surface area contributed by atoms with Crippen LogP contribution >= 0.6 is 7.81 Å². The van der Waals surface area contributed by atoms with Gasteiger partial charge in [-0.1, -0.05) is 30.3 Å². The van der Waals surface area contributed by atoms with Gasteiger partial charge >= 0.3 is 51.1 Å². The number of alkyl carbamates (subject to hydrolysis) is 2. The van der Waals surface area contributed by atoms with Crippen molar-refractivity contribution >= 4 is 26.0 Å². The first-order valence-corrected chi connectivity index (χ1v) is 12.3. The summed E-state index contributed by atoms with van der Waals surface area (Å²) in [4.78, 5) is 26.0. The molecule has 35 heavy (non-hydrogen) atoms. The summed E-state index contributed by atoms with van der Waals surface area (Å²) in [7, 11) is -10.7. The van der Waals surface area contributed by atoms with Gasteiger partial charge in [-0.05, 0) is 32.8 Å². The Balaban J connectivity index is 0.00000143. The van der Waals surface area contributed by atoms with Crippen LogP contribution in [-0.2, 0) is 16.1 Å². The van der Waals surface area contributed by atoms with E-state index in [-0.39, 0.29) is 6.61 Å². The molecule has 0 aliphatic rings. The molecule has 0 aliphatic carbocycles. The second-order valence-corrected chi connectivity index (χ2v) is 9.91. The molecular weight excluding hydrogens is 507 g/mol. The Kier molecular flexibility index (Phi) is 11.6. The summed E-state index contributed by atoms with van der Waals surface area (Å²) >= 11 is 0. The molecule has 0 fully saturated rings. The number of hydrogen-bond acceptors (Lipinski definition) is 4. The topological polar surface area (TPSA) is 129 Å². The zero-order valence-corrected chi connectivity index (χ0v) is 20.4. The van der Waals surface area contributed by atoms with E-state index >= 15 is 0 Å². The van der Waals surface area contributed by atoms with Crippen molar-refractivity contribution in [2.24, 2.45) is 5.73 Å². The van der Waals surface area contributed by atoms with E-state index in [1.807, 2.05) is 30.3 Å². The number of nitrogens with two attached hydrogens (primary N) is 1. The van der Waals surface area contributed by atoms with Crippen LogP contribution in [-0.4, -0.2) is 49.9 Å². The molecule has 16 heteroatoms. The summed E-state index contributed by atoms with van der Waals surface area (Å²) in [6, 6.07) is 9.49. The van der Waals surface area contributed by atoms with Gasteiger partial charge in [-0.25, -0.2) is 9.59 Å². The van der Waals surface area contributed by atoms with Gasteiger partial charge in [0.25, 0.3) is 0 Å². The number of amides is 2. The van der Waals surface area contributed by atoms with Crippen molar-refractivity contribution in [3.63, 3.8) is 0 Å². The predicted molar refractivity (Wildman–Crippen MR) is 120 cm³/mol. The Hall–Kier alpha value is -2.96. The number of nitrogens with one attached hydrogen (secondary N) is 4. The summed E-state index contributed by atoms with van der Waals surface area (Å²) in [5.41, 5.74) is 6.20. The number of hydrogen-bond donors (Lipinski definition) is 5. The van der Waals surface area contributed by atoms with Crippen LogP contribution in [0.3, 0.4) is 0 Å². The Morgan fingerprint density at radius 2 is 1.43 bits per heavy atom. The van der Waals surface area contributed by atoms with Crippen molar-refractivity contribution in [3.8, 4) is 0 Å². The second-order valence-electron chi connectivity index (χ2n) is 8.00. The van der Waals surface area contributed by atoms with Crippen LogP contribution in [0.15, 0.2) is 30.3 Å². The summed E-state index contributed by atoms with van der Waals surface area (Å²) in [5, 5.41) is 8.24. The molecular formula is C19H32F6N5O4P. The van der Waals surface area contributed by atoms with Crippen LogP contribution in [0, 0.1) is 0 Å². The van der Waals surface area contributed by atoms with Gasteiger partial charge in [0, 0.05) is 6.54 Å². The molecule has 0 bridgehead atoms. The molecule has 1 aromatic carbocycles. The van der Waals surface area contributed by atoms with Gasteiger partial charge in [0.1, 0.15) is 12.2 Å². The first-order chi connectivity index (χ1) is 15.7. The first-order valence-electron chi connectivity index (χ1n) is 10.3. The summed E-state index contributed by atoms with van der Waals surface area (Å²) in [6.45, 7) is 7.54. The average molecular weight is 539 g/mol. The zero-order valence-electron chi connectivity index (χ0n) is 19.6. The number of halogens is 6. The number of guanidine groups is 1. The molecule has 1 aromatic rings. The van der Waals surface area contributed by atoms with Crippen LogP contribution in [0.4, 0.5) is 34.8 Å². The Bertz CT molecular complexity index is 822. The van der Waals surface area contributed by atoms with Gasteiger partial charge in [0.15, 0.2) is 0 Å². The van der Waals surface area contributed by atoms with E-state index in [0.29, 0.717) is 38.6 Å². The molecule has 0 aromatic heterocycles. The fourth-order valence-electron chi connectivity index (χ4n) is 2.01. The molecule has 0 saturated carbocycles. The molecule has 9 nitrogen and oxygen atoms in total. The normalized spacial score (nSPS) is 13.8. The quantitative estimate of drug-likeness (QED) is 0.108. The monoisotopic (exact) mass is 539 g/mol. The average Bonchev–Trinajstić information content (AvgIpc) is 2.66. The van der Waals surface area contributed by atoms with Gasteiger partial charge < -0.3 is 20.1 Å². The van der Waals surface area contributed by atoms with Crippen molar-refractivity contribution in [3.05, 3.63) is 35.9 Å². The van der Waals surface area contributed by atoms with E-state index in [0.717, 1.165) is 5.56 Å². The number of benzene rings is 1. The number of carbonyl (C=O) groups is 2. The molecule has 0 aliphatic heterocycles. The van der Waals surface area contributed by atoms with Crippen LogP contribution in [0.1, 0.15) is 32.8 Å². The van der Waals surface area contributed by atoms with Gasteiger partial charge in [-0.15, -0.1) is 0 Å².